The number of nitrogens with one attached hydrogen (secondary N) is 1. The minimum atomic E-state index is -4.43. The molecule has 0 heterocycles. The van der Waals surface area contributed by atoms with Gasteiger partial charge in [0.2, 0.25) is 5.91 Å². The number of allylic oxidation sites excluding steroid dienone is 2. The van der Waals surface area contributed by atoms with Gasteiger partial charge >= 0.3 is 7.82 Å². The molecule has 8 atom stereocenters. The molecule has 0 aromatic rings. The van der Waals surface area contributed by atoms with E-state index in [9.17, 15) is 34.7 Å². The summed E-state index contributed by atoms with van der Waals surface area (Å²) in [6.07, 6.45) is 26.2. The standard InChI is InChI=1S/C41H77N2O9P/c1-6-8-10-11-12-13-14-15-16-17-18-19-21-26-38(45)37(33-52-53(49,50)51-31-30-43(3,4)5)42-41(48)27-23-22-25-35-36(40(47)32-39(35)46)29-28-34(44)24-20-9-7-2/h21-23,26,28-29,34-40,44-47H,6-20,24-25,27,30-33H2,1-5H3,(H-,42,48,49,50)/p+1/b23-22-,26-21+,29-28+/t34-,35+,36-,37+,38-,39+,40-/m1/s1. The highest BCUT2D eigenvalue weighted by Gasteiger charge is 2.39. The third-order valence-electron chi connectivity index (χ3n) is 9.95. The number of rotatable bonds is 32. The molecular weight excluding hydrogens is 695 g/mol. The summed E-state index contributed by atoms with van der Waals surface area (Å²) in [5.74, 6) is -0.978. The largest absolute Gasteiger partial charge is 0.472 e. The van der Waals surface area contributed by atoms with Gasteiger partial charge < -0.3 is 35.1 Å². The van der Waals surface area contributed by atoms with Crippen molar-refractivity contribution in [2.75, 3.05) is 40.9 Å². The van der Waals surface area contributed by atoms with Gasteiger partial charge in [-0.1, -0.05) is 134 Å². The highest BCUT2D eigenvalue weighted by Crippen LogP contribution is 2.43. The molecule has 11 nitrogen and oxygen atoms in total. The number of unbranched alkanes of at least 4 members (excludes halogenated alkanes) is 13. The number of nitrogens with zero attached hydrogens (tertiary/aromatic N) is 1. The summed E-state index contributed by atoms with van der Waals surface area (Å²) in [4.78, 5) is 23.2. The van der Waals surface area contributed by atoms with Gasteiger partial charge in [0.05, 0.1) is 58.2 Å². The fraction of sp³-hybridized carbons (Fsp3) is 0.829. The zero-order chi connectivity index (χ0) is 39.5. The Hall–Kier alpha value is -1.40. The Morgan fingerprint density at radius 1 is 0.830 bits per heavy atom. The third kappa shape index (κ3) is 25.4. The first-order chi connectivity index (χ1) is 25.2. The summed E-state index contributed by atoms with van der Waals surface area (Å²) in [6.45, 7) is 4.40. The maximum atomic E-state index is 13.0. The van der Waals surface area contributed by atoms with Crippen LogP contribution in [-0.2, 0) is 18.4 Å². The Bertz CT molecular complexity index is 1080. The van der Waals surface area contributed by atoms with Crippen LogP contribution in [0.3, 0.4) is 0 Å². The predicted octanol–water partition coefficient (Wildman–Crippen LogP) is 7.12. The molecule has 1 saturated carbocycles. The molecule has 0 bridgehead atoms. The molecule has 0 spiro atoms. The van der Waals surface area contributed by atoms with Crippen molar-refractivity contribution < 1.29 is 48.2 Å². The Kier molecular flexibility index (Phi) is 27.1. The number of carbonyl (C=O) groups excluding carboxylic acids is 1. The zero-order valence-corrected chi connectivity index (χ0v) is 34.7. The summed E-state index contributed by atoms with van der Waals surface area (Å²) in [7, 11) is 1.37. The van der Waals surface area contributed by atoms with Crippen molar-refractivity contribution in [3.63, 3.8) is 0 Å². The van der Waals surface area contributed by atoms with Crippen molar-refractivity contribution in [1.82, 2.24) is 5.32 Å². The normalized spacial score (nSPS) is 22.5. The van der Waals surface area contributed by atoms with E-state index < -0.39 is 50.8 Å². The molecule has 0 radical (unpaired) electrons. The van der Waals surface area contributed by atoms with Gasteiger partial charge in [-0.2, -0.15) is 0 Å². The number of quaternary nitrogens is 1. The second kappa shape index (κ2) is 28.9. The number of phosphoric acid groups is 1. The van der Waals surface area contributed by atoms with E-state index in [4.69, 9.17) is 9.05 Å². The van der Waals surface area contributed by atoms with Crippen molar-refractivity contribution in [3.05, 3.63) is 36.5 Å². The number of hydrogen-bond acceptors (Lipinski definition) is 8. The molecule has 310 valence electrons. The minimum absolute atomic E-state index is 0.00339. The molecule has 0 aromatic carbocycles. The van der Waals surface area contributed by atoms with Crippen LogP contribution in [0.25, 0.3) is 0 Å². The van der Waals surface area contributed by atoms with Gasteiger partial charge in [0.1, 0.15) is 13.2 Å². The van der Waals surface area contributed by atoms with Gasteiger partial charge in [0, 0.05) is 18.8 Å². The molecule has 53 heavy (non-hydrogen) atoms. The van der Waals surface area contributed by atoms with Crippen molar-refractivity contribution in [3.8, 4) is 0 Å². The van der Waals surface area contributed by atoms with Crippen LogP contribution in [0.4, 0.5) is 0 Å². The van der Waals surface area contributed by atoms with Crippen LogP contribution >= 0.6 is 7.82 Å². The Morgan fingerprint density at radius 3 is 2.06 bits per heavy atom. The van der Waals surface area contributed by atoms with E-state index in [1.165, 1.54) is 57.8 Å². The second-order valence-corrected chi connectivity index (χ2v) is 17.5. The van der Waals surface area contributed by atoms with Gasteiger partial charge in [0.15, 0.2) is 0 Å². The maximum absolute atomic E-state index is 13.0. The quantitative estimate of drug-likeness (QED) is 0.0181. The number of carbonyl (C=O) groups is 1. The lowest BCUT2D eigenvalue weighted by Gasteiger charge is -2.25. The van der Waals surface area contributed by atoms with E-state index >= 15 is 0 Å². The zero-order valence-electron chi connectivity index (χ0n) is 33.8. The highest BCUT2D eigenvalue weighted by molar-refractivity contribution is 7.47. The SMILES string of the molecule is CCCCCCCCCCCCC/C=C/[C@@H](O)[C@H](COP(=O)(O)OCC[N+](C)(C)C)NC(=O)C/C=C\C[C@H]1[C@@H](/C=C/[C@H](O)CCCCC)[C@H](O)C[C@@H]1O. The van der Waals surface area contributed by atoms with E-state index in [-0.39, 0.29) is 31.3 Å². The van der Waals surface area contributed by atoms with Gasteiger partial charge in [-0.3, -0.25) is 13.8 Å². The Morgan fingerprint density at radius 2 is 1.43 bits per heavy atom. The summed E-state index contributed by atoms with van der Waals surface area (Å²) in [5, 5.41) is 45.1. The van der Waals surface area contributed by atoms with Crippen molar-refractivity contribution in [2.24, 2.45) is 11.8 Å². The van der Waals surface area contributed by atoms with Crippen LogP contribution in [0, 0.1) is 11.8 Å². The van der Waals surface area contributed by atoms with E-state index in [0.29, 0.717) is 23.9 Å². The van der Waals surface area contributed by atoms with E-state index in [1.54, 1.807) is 24.3 Å². The Balaban J connectivity index is 2.69. The topological polar surface area (TPSA) is 166 Å². The van der Waals surface area contributed by atoms with Gasteiger partial charge in [-0.25, -0.2) is 4.57 Å². The fourth-order valence-electron chi connectivity index (χ4n) is 6.54. The summed E-state index contributed by atoms with van der Waals surface area (Å²) in [5.41, 5.74) is 0. The molecule has 6 N–H and O–H groups in total. The lowest BCUT2D eigenvalue weighted by atomic mass is 9.89. The first kappa shape index (κ1) is 49.6. The number of hydrogen-bond donors (Lipinski definition) is 6. The van der Waals surface area contributed by atoms with E-state index in [1.807, 2.05) is 33.3 Å². The monoisotopic (exact) mass is 774 g/mol. The molecule has 1 aliphatic carbocycles. The first-order valence-corrected chi connectivity index (χ1v) is 22.1. The van der Waals surface area contributed by atoms with Crippen LogP contribution in [0.15, 0.2) is 36.5 Å². The lowest BCUT2D eigenvalue weighted by molar-refractivity contribution is -0.870. The smallest absolute Gasteiger partial charge is 0.393 e. The molecule has 0 saturated heterocycles. The molecule has 1 fully saturated rings. The van der Waals surface area contributed by atoms with Crippen LogP contribution < -0.4 is 5.32 Å². The number of likely N-dealkylation sites (N-methyl/N-ethyl adjacent to an activating group) is 1. The van der Waals surface area contributed by atoms with Crippen molar-refractivity contribution in [1.29, 1.82) is 0 Å². The molecule has 0 aromatic heterocycles. The van der Waals surface area contributed by atoms with Crippen molar-refractivity contribution >= 4 is 13.7 Å². The summed E-state index contributed by atoms with van der Waals surface area (Å²) >= 11 is 0. The molecular formula is C41H78N2O9P+. The van der Waals surface area contributed by atoms with Gasteiger partial charge in [0.25, 0.3) is 0 Å². The van der Waals surface area contributed by atoms with Gasteiger partial charge in [-0.05, 0) is 31.6 Å². The van der Waals surface area contributed by atoms with Crippen LogP contribution in [0.5, 0.6) is 0 Å². The molecule has 0 aliphatic heterocycles. The summed E-state index contributed by atoms with van der Waals surface area (Å²) in [6, 6.07) is -0.989. The van der Waals surface area contributed by atoms with Crippen molar-refractivity contribution in [2.45, 2.75) is 166 Å². The summed E-state index contributed by atoms with van der Waals surface area (Å²) < 4.78 is 23.5. The van der Waals surface area contributed by atoms with Crippen LogP contribution in [-0.4, -0.2) is 107 Å². The third-order valence-corrected chi connectivity index (χ3v) is 10.9. The minimum Gasteiger partial charge on any atom is -0.393 e. The molecule has 1 unspecified atom stereocenters. The van der Waals surface area contributed by atoms with E-state index in [0.717, 1.165) is 38.5 Å². The van der Waals surface area contributed by atoms with Crippen LogP contribution in [0.2, 0.25) is 0 Å². The number of phosphoric ester groups is 1. The average Bonchev–Trinajstić information content (AvgIpc) is 3.36. The van der Waals surface area contributed by atoms with Gasteiger partial charge in [-0.15, -0.1) is 0 Å². The average molecular weight is 774 g/mol. The number of aliphatic hydroxyl groups excluding tert-OH is 4. The fourth-order valence-corrected chi connectivity index (χ4v) is 7.27. The molecule has 1 aliphatic rings. The van der Waals surface area contributed by atoms with E-state index in [2.05, 4.69) is 19.2 Å². The lowest BCUT2D eigenvalue weighted by Crippen LogP contribution is -2.45. The first-order valence-electron chi connectivity index (χ1n) is 20.6. The highest BCUT2D eigenvalue weighted by atomic mass is 31.2. The number of amides is 1. The second-order valence-electron chi connectivity index (χ2n) is 16.0. The van der Waals surface area contributed by atoms with Crippen LogP contribution in [0.1, 0.15) is 136 Å². The molecule has 1 amide bonds. The number of aliphatic hydroxyl groups is 4. The predicted molar refractivity (Wildman–Crippen MR) is 214 cm³/mol. The maximum Gasteiger partial charge on any atom is 0.472 e. The molecule has 12 heteroatoms. The Labute approximate surface area is 322 Å². The molecule has 1 rings (SSSR count).